The third-order valence-electron chi connectivity index (χ3n) is 7.44. The van der Waals surface area contributed by atoms with Crippen molar-refractivity contribution >= 4 is 11.9 Å². The fourth-order valence-corrected chi connectivity index (χ4v) is 5.14. The van der Waals surface area contributed by atoms with Crippen molar-refractivity contribution in [3.8, 4) is 6.07 Å². The lowest BCUT2D eigenvalue weighted by Gasteiger charge is -2.29. The molecule has 2 aliphatic rings. The average Bonchev–Trinajstić information content (AvgIpc) is 3.70. The minimum Gasteiger partial charge on any atom is -0.444 e. The lowest BCUT2D eigenvalue weighted by atomic mass is 9.88. The lowest BCUT2D eigenvalue weighted by molar-refractivity contribution is 0.0226. The Labute approximate surface area is 261 Å². The summed E-state index contributed by atoms with van der Waals surface area (Å²) >= 11 is 0. The Balaban J connectivity index is 2.45. The van der Waals surface area contributed by atoms with Gasteiger partial charge in [0.2, 0.25) is 0 Å². The standard InChI is InChI=1S/C37H54N4O2/c1-13-27(7)20-29(22-38)21-31(14-2)41-24-32(30-17-18-30)34(35(41)39-12)33(26(5)6)28(8)16-15-19-40(23-25(3)4)36(42)43-37(9,10)11/h14,20-21,24-25,27,30H,2,5,8,13,15-19,23H2,1,3-4,6-7,9-12H3/b29-20+,31-21+,34-33+,39-35?. The second kappa shape index (κ2) is 15.8. The predicted molar refractivity (Wildman–Crippen MR) is 180 cm³/mol. The zero-order chi connectivity index (χ0) is 32.5. The molecule has 0 aromatic heterocycles. The zero-order valence-electron chi connectivity index (χ0n) is 28.2. The van der Waals surface area contributed by atoms with Crippen molar-refractivity contribution in [3.05, 3.63) is 83.3 Å². The van der Waals surface area contributed by atoms with Gasteiger partial charge in [-0.15, -0.1) is 0 Å². The van der Waals surface area contributed by atoms with Gasteiger partial charge in [0.05, 0.1) is 11.6 Å². The summed E-state index contributed by atoms with van der Waals surface area (Å²) in [4.78, 5) is 21.6. The molecule has 1 aliphatic carbocycles. The van der Waals surface area contributed by atoms with Crippen molar-refractivity contribution in [2.75, 3.05) is 20.1 Å². The van der Waals surface area contributed by atoms with Crippen LogP contribution in [0.25, 0.3) is 0 Å². The number of nitrogens with zero attached hydrogens (tertiary/aromatic N) is 4. The van der Waals surface area contributed by atoms with Crippen LogP contribution in [-0.2, 0) is 4.74 Å². The second-order valence-electron chi connectivity index (χ2n) is 13.2. The van der Waals surface area contributed by atoms with Crippen LogP contribution in [0.3, 0.4) is 0 Å². The highest BCUT2D eigenvalue weighted by atomic mass is 16.6. The zero-order valence-corrected chi connectivity index (χ0v) is 28.2. The number of amidine groups is 1. The first kappa shape index (κ1) is 35.6. The lowest BCUT2D eigenvalue weighted by Crippen LogP contribution is -2.39. The SMILES string of the molecule is C=C/C(=C\C(C#N)=C/C(C)CC)N1C=C(C2CC2)/C(=C(/C(=C)C)C(=C)CCCN(CC(C)C)C(=O)OC(C)(C)C)C1=NC. The first-order valence-electron chi connectivity index (χ1n) is 15.7. The molecule has 0 saturated heterocycles. The van der Waals surface area contributed by atoms with Crippen LogP contribution < -0.4 is 0 Å². The summed E-state index contributed by atoms with van der Waals surface area (Å²) in [5.41, 5.74) is 6.09. The topological polar surface area (TPSA) is 68.9 Å². The molecule has 0 spiro atoms. The number of amides is 1. The molecule has 2 rings (SSSR count). The summed E-state index contributed by atoms with van der Waals surface area (Å²) in [6, 6.07) is 2.34. The molecule has 6 heteroatoms. The molecule has 0 aromatic carbocycles. The Morgan fingerprint density at radius 2 is 1.93 bits per heavy atom. The Morgan fingerprint density at radius 3 is 2.40 bits per heavy atom. The molecule has 43 heavy (non-hydrogen) atoms. The number of hydrogen-bond acceptors (Lipinski definition) is 4. The van der Waals surface area contributed by atoms with E-state index in [0.717, 1.165) is 59.5 Å². The van der Waals surface area contributed by atoms with Gasteiger partial charge in [-0.25, -0.2) is 4.79 Å². The van der Waals surface area contributed by atoms with E-state index in [9.17, 15) is 10.1 Å². The van der Waals surface area contributed by atoms with Crippen molar-refractivity contribution < 1.29 is 9.53 Å². The summed E-state index contributed by atoms with van der Waals surface area (Å²) in [7, 11) is 1.80. The number of carbonyl (C=O) groups is 1. The highest BCUT2D eigenvalue weighted by Crippen LogP contribution is 2.47. The van der Waals surface area contributed by atoms with Gasteiger partial charge >= 0.3 is 6.09 Å². The van der Waals surface area contributed by atoms with Gasteiger partial charge in [-0.2, -0.15) is 5.26 Å². The average molecular weight is 587 g/mol. The van der Waals surface area contributed by atoms with Crippen molar-refractivity contribution in [2.24, 2.45) is 22.7 Å². The number of ether oxygens (including phenoxy) is 1. The van der Waals surface area contributed by atoms with Crippen molar-refractivity contribution in [1.29, 1.82) is 5.26 Å². The maximum atomic E-state index is 12.9. The van der Waals surface area contributed by atoms with Gasteiger partial charge in [0.1, 0.15) is 11.4 Å². The van der Waals surface area contributed by atoms with E-state index in [1.807, 2.05) is 44.7 Å². The van der Waals surface area contributed by atoms with Gasteiger partial charge in [-0.1, -0.05) is 65.5 Å². The monoisotopic (exact) mass is 586 g/mol. The molecule has 1 amide bonds. The molecule has 234 valence electrons. The number of aliphatic imine (C=N–C) groups is 1. The molecule has 1 atom stereocenters. The molecule has 1 heterocycles. The van der Waals surface area contributed by atoms with E-state index in [0.29, 0.717) is 42.8 Å². The molecule has 0 aromatic rings. The first-order chi connectivity index (χ1) is 20.2. The van der Waals surface area contributed by atoms with Crippen molar-refractivity contribution in [1.82, 2.24) is 9.80 Å². The van der Waals surface area contributed by atoms with Crippen molar-refractivity contribution in [3.63, 3.8) is 0 Å². The van der Waals surface area contributed by atoms with E-state index in [-0.39, 0.29) is 6.09 Å². The number of rotatable bonds is 14. The Bertz CT molecular complexity index is 1270. The summed E-state index contributed by atoms with van der Waals surface area (Å²) in [5.74, 6) is 1.89. The number of hydrogen-bond donors (Lipinski definition) is 0. The molecule has 1 fully saturated rings. The van der Waals surface area contributed by atoms with Gasteiger partial charge in [0.25, 0.3) is 0 Å². The van der Waals surface area contributed by atoms with Crippen LogP contribution in [0.4, 0.5) is 4.79 Å². The molecule has 0 N–H and O–H groups in total. The smallest absolute Gasteiger partial charge is 0.410 e. The van der Waals surface area contributed by atoms with Gasteiger partial charge in [0.15, 0.2) is 0 Å². The summed E-state index contributed by atoms with van der Waals surface area (Å²) in [6.07, 6.45) is 12.2. The van der Waals surface area contributed by atoms with Crippen LogP contribution in [0.5, 0.6) is 0 Å². The maximum Gasteiger partial charge on any atom is 0.410 e. The number of carbonyl (C=O) groups excluding carboxylic acids is 1. The number of nitriles is 1. The highest BCUT2D eigenvalue weighted by Gasteiger charge is 2.38. The van der Waals surface area contributed by atoms with E-state index < -0.39 is 5.60 Å². The van der Waals surface area contributed by atoms with E-state index in [2.05, 4.69) is 64.6 Å². The van der Waals surface area contributed by atoms with Crippen LogP contribution in [0.2, 0.25) is 0 Å². The Hall–Kier alpha value is -3.59. The summed E-state index contributed by atoms with van der Waals surface area (Å²) in [6.45, 7) is 30.3. The third-order valence-corrected chi connectivity index (χ3v) is 7.44. The number of allylic oxidation sites excluding steroid dienone is 7. The maximum absolute atomic E-state index is 12.9. The van der Waals surface area contributed by atoms with Gasteiger partial charge in [-0.3, -0.25) is 4.99 Å². The second-order valence-corrected chi connectivity index (χ2v) is 13.2. The minimum atomic E-state index is -0.542. The quantitative estimate of drug-likeness (QED) is 0.150. The summed E-state index contributed by atoms with van der Waals surface area (Å²) < 4.78 is 5.68. The molecule has 1 saturated carbocycles. The fraction of sp³-hybridized carbons (Fsp3) is 0.541. The predicted octanol–water partition coefficient (Wildman–Crippen LogP) is 9.29. The van der Waals surface area contributed by atoms with E-state index >= 15 is 0 Å². The normalized spacial score (nSPS) is 18.8. The van der Waals surface area contributed by atoms with Crippen LogP contribution in [0.1, 0.15) is 87.5 Å². The van der Waals surface area contributed by atoms with E-state index in [1.54, 1.807) is 13.1 Å². The molecular formula is C37H54N4O2. The van der Waals surface area contributed by atoms with E-state index in [4.69, 9.17) is 9.73 Å². The third kappa shape index (κ3) is 10.3. The molecule has 0 radical (unpaired) electrons. The molecule has 6 nitrogen and oxygen atoms in total. The largest absolute Gasteiger partial charge is 0.444 e. The molecule has 1 unspecified atom stereocenters. The Kier molecular flexibility index (Phi) is 13.0. The van der Waals surface area contributed by atoms with Crippen LogP contribution in [-0.4, -0.2) is 47.5 Å². The van der Waals surface area contributed by atoms with Crippen LogP contribution >= 0.6 is 0 Å². The van der Waals surface area contributed by atoms with Gasteiger partial charge in [-0.05, 0) is 100 Å². The molecule has 0 bridgehead atoms. The molecular weight excluding hydrogens is 532 g/mol. The fourth-order valence-electron chi connectivity index (χ4n) is 5.14. The molecule has 1 aliphatic heterocycles. The first-order valence-corrected chi connectivity index (χ1v) is 15.7. The minimum absolute atomic E-state index is 0.279. The van der Waals surface area contributed by atoms with E-state index in [1.165, 1.54) is 5.57 Å². The summed E-state index contributed by atoms with van der Waals surface area (Å²) in [5, 5.41) is 9.85. The van der Waals surface area contributed by atoms with Crippen LogP contribution in [0, 0.1) is 29.1 Å². The van der Waals surface area contributed by atoms with Crippen molar-refractivity contribution in [2.45, 2.75) is 93.1 Å². The van der Waals surface area contributed by atoms with Gasteiger partial charge in [0, 0.05) is 37.6 Å². The highest BCUT2D eigenvalue weighted by molar-refractivity contribution is 6.09. The Morgan fingerprint density at radius 1 is 1.28 bits per heavy atom. The van der Waals surface area contributed by atoms with Gasteiger partial charge < -0.3 is 14.5 Å². The van der Waals surface area contributed by atoms with Crippen LogP contribution in [0.15, 0.2) is 88.3 Å².